The standard InChI is InChI=1S/C10H17NO2/c11-10(13)4-8-6-1-2-7(3-6)9(8)5-12/h6-9,12H,1-5H2,(H2,11,13). The van der Waals surface area contributed by atoms with E-state index in [0.29, 0.717) is 30.1 Å². The van der Waals surface area contributed by atoms with Gasteiger partial charge in [-0.1, -0.05) is 0 Å². The van der Waals surface area contributed by atoms with Crippen molar-refractivity contribution < 1.29 is 9.90 Å². The molecule has 4 unspecified atom stereocenters. The number of hydrogen-bond acceptors (Lipinski definition) is 2. The number of primary amides is 1. The van der Waals surface area contributed by atoms with E-state index in [1.54, 1.807) is 0 Å². The van der Waals surface area contributed by atoms with E-state index in [9.17, 15) is 9.90 Å². The Morgan fingerprint density at radius 1 is 1.31 bits per heavy atom. The molecule has 0 saturated heterocycles. The molecule has 13 heavy (non-hydrogen) atoms. The van der Waals surface area contributed by atoms with Crippen LogP contribution in [0.15, 0.2) is 0 Å². The Kier molecular flexibility index (Phi) is 2.28. The largest absolute Gasteiger partial charge is 0.396 e. The van der Waals surface area contributed by atoms with Crippen LogP contribution in [0.3, 0.4) is 0 Å². The second-order valence-electron chi connectivity index (χ2n) is 4.51. The van der Waals surface area contributed by atoms with E-state index in [0.717, 1.165) is 0 Å². The van der Waals surface area contributed by atoms with Gasteiger partial charge < -0.3 is 10.8 Å². The van der Waals surface area contributed by atoms with Crippen LogP contribution < -0.4 is 5.73 Å². The molecule has 0 aromatic heterocycles. The van der Waals surface area contributed by atoms with E-state index in [4.69, 9.17) is 5.73 Å². The SMILES string of the molecule is NC(=O)CC1C2CCC(C2)C1CO. The van der Waals surface area contributed by atoms with Gasteiger partial charge in [0.2, 0.25) is 5.91 Å². The van der Waals surface area contributed by atoms with E-state index >= 15 is 0 Å². The lowest BCUT2D eigenvalue weighted by Gasteiger charge is -2.28. The number of aliphatic hydroxyl groups is 1. The van der Waals surface area contributed by atoms with Gasteiger partial charge in [-0.15, -0.1) is 0 Å². The fraction of sp³-hybridized carbons (Fsp3) is 0.900. The molecule has 3 nitrogen and oxygen atoms in total. The molecule has 0 aromatic rings. The number of rotatable bonds is 3. The first-order chi connectivity index (χ1) is 6.22. The molecule has 2 saturated carbocycles. The molecule has 2 rings (SSSR count). The summed E-state index contributed by atoms with van der Waals surface area (Å²) in [6, 6.07) is 0. The average molecular weight is 183 g/mol. The smallest absolute Gasteiger partial charge is 0.217 e. The van der Waals surface area contributed by atoms with Crippen molar-refractivity contribution in [2.45, 2.75) is 25.7 Å². The topological polar surface area (TPSA) is 63.3 Å². The molecule has 0 aliphatic heterocycles. The number of carbonyl (C=O) groups is 1. The molecule has 2 bridgehead atoms. The lowest BCUT2D eigenvalue weighted by atomic mass is 9.78. The van der Waals surface area contributed by atoms with E-state index in [1.165, 1.54) is 19.3 Å². The van der Waals surface area contributed by atoms with Crippen LogP contribution in [0.5, 0.6) is 0 Å². The van der Waals surface area contributed by atoms with Crippen LogP contribution in [-0.4, -0.2) is 17.6 Å². The number of hydrogen-bond donors (Lipinski definition) is 2. The van der Waals surface area contributed by atoms with E-state index in [-0.39, 0.29) is 12.5 Å². The zero-order valence-electron chi connectivity index (χ0n) is 7.78. The highest BCUT2D eigenvalue weighted by Crippen LogP contribution is 2.53. The molecule has 0 aromatic carbocycles. The maximum Gasteiger partial charge on any atom is 0.217 e. The van der Waals surface area contributed by atoms with Crippen molar-refractivity contribution in [3.8, 4) is 0 Å². The van der Waals surface area contributed by atoms with Crippen molar-refractivity contribution in [2.75, 3.05) is 6.61 Å². The number of fused-ring (bicyclic) bond motifs is 2. The zero-order chi connectivity index (χ0) is 9.42. The Labute approximate surface area is 78.3 Å². The summed E-state index contributed by atoms with van der Waals surface area (Å²) in [6.07, 6.45) is 4.17. The molecule has 2 aliphatic carbocycles. The lowest BCUT2D eigenvalue weighted by molar-refractivity contribution is -0.119. The zero-order valence-corrected chi connectivity index (χ0v) is 7.78. The summed E-state index contributed by atoms with van der Waals surface area (Å²) < 4.78 is 0. The summed E-state index contributed by atoms with van der Waals surface area (Å²) in [6.45, 7) is 0.235. The highest BCUT2D eigenvalue weighted by molar-refractivity contribution is 5.74. The van der Waals surface area contributed by atoms with Crippen LogP contribution in [0.4, 0.5) is 0 Å². The molecular formula is C10H17NO2. The number of carbonyl (C=O) groups excluding carboxylic acids is 1. The minimum absolute atomic E-state index is 0.212. The van der Waals surface area contributed by atoms with Gasteiger partial charge in [0, 0.05) is 13.0 Å². The molecular weight excluding hydrogens is 166 g/mol. The van der Waals surface area contributed by atoms with Gasteiger partial charge in [0.1, 0.15) is 0 Å². The Hall–Kier alpha value is -0.570. The molecule has 3 N–H and O–H groups in total. The maximum absolute atomic E-state index is 10.8. The van der Waals surface area contributed by atoms with Crippen molar-refractivity contribution in [3.05, 3.63) is 0 Å². The van der Waals surface area contributed by atoms with E-state index < -0.39 is 0 Å². The summed E-state index contributed by atoms with van der Waals surface area (Å²) in [5, 5.41) is 9.22. The van der Waals surface area contributed by atoms with Gasteiger partial charge in [0.05, 0.1) is 0 Å². The number of aliphatic hydroxyl groups excluding tert-OH is 1. The predicted octanol–water partition coefficient (Wildman–Crippen LogP) is 0.516. The molecule has 3 heteroatoms. The van der Waals surface area contributed by atoms with Crippen molar-refractivity contribution in [1.82, 2.24) is 0 Å². The van der Waals surface area contributed by atoms with Gasteiger partial charge in [0.25, 0.3) is 0 Å². The molecule has 0 spiro atoms. The van der Waals surface area contributed by atoms with Gasteiger partial charge in [0.15, 0.2) is 0 Å². The quantitative estimate of drug-likeness (QED) is 0.670. The molecule has 4 atom stereocenters. The molecule has 2 aliphatic rings. The lowest BCUT2D eigenvalue weighted by Crippen LogP contribution is -2.29. The normalized spacial score (nSPS) is 42.5. The minimum atomic E-state index is -0.212. The van der Waals surface area contributed by atoms with Crippen LogP contribution >= 0.6 is 0 Å². The van der Waals surface area contributed by atoms with Crippen molar-refractivity contribution in [1.29, 1.82) is 0 Å². The first-order valence-electron chi connectivity index (χ1n) is 5.11. The fourth-order valence-corrected chi connectivity index (χ4v) is 3.36. The maximum atomic E-state index is 10.8. The van der Waals surface area contributed by atoms with Gasteiger partial charge in [-0.3, -0.25) is 4.79 Å². The molecule has 2 fully saturated rings. The van der Waals surface area contributed by atoms with Crippen LogP contribution in [0.25, 0.3) is 0 Å². The second-order valence-corrected chi connectivity index (χ2v) is 4.51. The van der Waals surface area contributed by atoms with Crippen LogP contribution in [0.1, 0.15) is 25.7 Å². The highest BCUT2D eigenvalue weighted by atomic mass is 16.3. The number of nitrogens with two attached hydrogens (primary N) is 1. The van der Waals surface area contributed by atoms with Crippen LogP contribution in [0.2, 0.25) is 0 Å². The Balaban J connectivity index is 2.04. The number of amides is 1. The van der Waals surface area contributed by atoms with Crippen molar-refractivity contribution in [2.24, 2.45) is 29.4 Å². The summed E-state index contributed by atoms with van der Waals surface area (Å²) >= 11 is 0. The summed E-state index contributed by atoms with van der Waals surface area (Å²) in [5.74, 6) is 1.84. The summed E-state index contributed by atoms with van der Waals surface area (Å²) in [4.78, 5) is 10.8. The second kappa shape index (κ2) is 3.29. The Morgan fingerprint density at radius 3 is 2.46 bits per heavy atom. The summed E-state index contributed by atoms with van der Waals surface area (Å²) in [5.41, 5.74) is 5.20. The van der Waals surface area contributed by atoms with Crippen LogP contribution in [-0.2, 0) is 4.79 Å². The minimum Gasteiger partial charge on any atom is -0.396 e. The molecule has 1 amide bonds. The third-order valence-corrected chi connectivity index (χ3v) is 3.92. The summed E-state index contributed by atoms with van der Waals surface area (Å²) in [7, 11) is 0. The monoisotopic (exact) mass is 183 g/mol. The van der Waals surface area contributed by atoms with E-state index in [1.807, 2.05) is 0 Å². The molecule has 74 valence electrons. The fourth-order valence-electron chi connectivity index (χ4n) is 3.36. The van der Waals surface area contributed by atoms with Crippen LogP contribution in [0, 0.1) is 23.7 Å². The third kappa shape index (κ3) is 1.46. The first-order valence-corrected chi connectivity index (χ1v) is 5.11. The molecule has 0 heterocycles. The highest BCUT2D eigenvalue weighted by Gasteiger charge is 2.47. The van der Waals surface area contributed by atoms with Gasteiger partial charge >= 0.3 is 0 Å². The molecule has 0 radical (unpaired) electrons. The van der Waals surface area contributed by atoms with Gasteiger partial charge in [-0.25, -0.2) is 0 Å². The Morgan fingerprint density at radius 2 is 1.92 bits per heavy atom. The van der Waals surface area contributed by atoms with Gasteiger partial charge in [-0.2, -0.15) is 0 Å². The third-order valence-electron chi connectivity index (χ3n) is 3.92. The van der Waals surface area contributed by atoms with E-state index in [2.05, 4.69) is 0 Å². The Bertz CT molecular complexity index is 217. The predicted molar refractivity (Wildman–Crippen MR) is 48.7 cm³/mol. The van der Waals surface area contributed by atoms with Crippen molar-refractivity contribution in [3.63, 3.8) is 0 Å². The van der Waals surface area contributed by atoms with Crippen molar-refractivity contribution >= 4 is 5.91 Å². The average Bonchev–Trinajstić information content (AvgIpc) is 2.62. The van der Waals surface area contributed by atoms with Gasteiger partial charge in [-0.05, 0) is 42.9 Å². The first kappa shape index (κ1) is 9.00.